The van der Waals surface area contributed by atoms with Gasteiger partial charge >= 0.3 is 0 Å². The van der Waals surface area contributed by atoms with E-state index < -0.39 is 0 Å². The zero-order valence-corrected chi connectivity index (χ0v) is 12.0. The van der Waals surface area contributed by atoms with E-state index in [0.29, 0.717) is 0 Å². The molecule has 0 aromatic rings. The zero-order valence-electron chi connectivity index (χ0n) is 12.0. The predicted molar refractivity (Wildman–Crippen MR) is 79.5 cm³/mol. The van der Waals surface area contributed by atoms with Crippen molar-refractivity contribution in [3.8, 4) is 0 Å². The third-order valence-electron chi connectivity index (χ3n) is 3.41. The summed E-state index contributed by atoms with van der Waals surface area (Å²) in [6.07, 6.45) is 14.1. The number of hydrogen-bond acceptors (Lipinski definition) is 3. The van der Waals surface area contributed by atoms with Crippen molar-refractivity contribution in [1.82, 2.24) is 5.32 Å². The molecule has 1 rings (SSSR count). The van der Waals surface area contributed by atoms with E-state index in [2.05, 4.69) is 12.2 Å². The van der Waals surface area contributed by atoms with Crippen LogP contribution in [0.5, 0.6) is 0 Å². The SMILES string of the molecule is CCCCCCCCC1=C(CO)C=CC=C(CO)N1. The van der Waals surface area contributed by atoms with E-state index in [1.165, 1.54) is 32.1 Å². The average Bonchev–Trinajstić information content (AvgIpc) is 2.64. The lowest BCUT2D eigenvalue weighted by atomic mass is 10.1. The van der Waals surface area contributed by atoms with Crippen molar-refractivity contribution >= 4 is 0 Å². The minimum atomic E-state index is 0.00302. The standard InChI is InChI=1S/C16H27NO2/c1-2-3-4-5-6-7-11-16-14(12-18)9-8-10-15(13-19)17-16/h8-10,17-19H,2-7,11-13H2,1H3. The molecule has 0 atom stereocenters. The number of nitrogens with one attached hydrogen (secondary N) is 1. The Bertz CT molecular complexity index is 343. The third kappa shape index (κ3) is 6.08. The molecule has 0 spiro atoms. The van der Waals surface area contributed by atoms with Gasteiger partial charge in [0.1, 0.15) is 0 Å². The lowest BCUT2D eigenvalue weighted by Gasteiger charge is -2.14. The molecule has 0 amide bonds. The summed E-state index contributed by atoms with van der Waals surface area (Å²) in [7, 11) is 0. The largest absolute Gasteiger partial charge is 0.392 e. The maximum absolute atomic E-state index is 9.38. The van der Waals surface area contributed by atoms with Crippen molar-refractivity contribution < 1.29 is 10.2 Å². The van der Waals surface area contributed by atoms with Gasteiger partial charge in [-0.15, -0.1) is 0 Å². The van der Waals surface area contributed by atoms with Gasteiger partial charge in [-0.2, -0.15) is 0 Å². The molecule has 0 aromatic carbocycles. The molecule has 0 saturated carbocycles. The van der Waals surface area contributed by atoms with Gasteiger partial charge in [-0.25, -0.2) is 0 Å². The fourth-order valence-corrected chi connectivity index (χ4v) is 2.24. The number of unbranched alkanes of at least 4 members (excludes halogenated alkanes) is 5. The third-order valence-corrected chi connectivity index (χ3v) is 3.41. The number of hydrogen-bond donors (Lipinski definition) is 3. The van der Waals surface area contributed by atoms with E-state index in [0.717, 1.165) is 29.8 Å². The maximum atomic E-state index is 9.38. The monoisotopic (exact) mass is 265 g/mol. The predicted octanol–water partition coefficient (Wildman–Crippen LogP) is 3.02. The summed E-state index contributed by atoms with van der Waals surface area (Å²) in [4.78, 5) is 0. The number of aliphatic hydroxyl groups is 2. The van der Waals surface area contributed by atoms with Crippen LogP contribution in [0, 0.1) is 0 Å². The van der Waals surface area contributed by atoms with Crippen LogP contribution in [0.25, 0.3) is 0 Å². The highest BCUT2D eigenvalue weighted by Crippen LogP contribution is 2.17. The molecular formula is C16H27NO2. The molecule has 1 heterocycles. The van der Waals surface area contributed by atoms with Crippen LogP contribution in [0.3, 0.4) is 0 Å². The summed E-state index contributed by atoms with van der Waals surface area (Å²) < 4.78 is 0. The Morgan fingerprint density at radius 2 is 1.74 bits per heavy atom. The van der Waals surface area contributed by atoms with E-state index >= 15 is 0 Å². The summed E-state index contributed by atoms with van der Waals surface area (Å²) in [5.74, 6) is 0. The molecule has 0 unspecified atom stereocenters. The molecule has 0 radical (unpaired) electrons. The molecular weight excluding hydrogens is 238 g/mol. The Hall–Kier alpha value is -1.06. The van der Waals surface area contributed by atoms with Crippen molar-refractivity contribution in [3.63, 3.8) is 0 Å². The first-order chi connectivity index (χ1) is 9.31. The van der Waals surface area contributed by atoms with E-state index in [-0.39, 0.29) is 13.2 Å². The summed E-state index contributed by atoms with van der Waals surface area (Å²) in [6, 6.07) is 0. The molecule has 0 aromatic heterocycles. The fourth-order valence-electron chi connectivity index (χ4n) is 2.24. The first-order valence-corrected chi connectivity index (χ1v) is 7.39. The Balaban J connectivity index is 2.41. The molecule has 108 valence electrons. The van der Waals surface area contributed by atoms with Crippen LogP contribution in [0.15, 0.2) is 35.2 Å². The topological polar surface area (TPSA) is 52.5 Å². The van der Waals surface area contributed by atoms with E-state index in [1.807, 2.05) is 18.2 Å². The fraction of sp³-hybridized carbons (Fsp3) is 0.625. The van der Waals surface area contributed by atoms with Gasteiger partial charge < -0.3 is 15.5 Å². The van der Waals surface area contributed by atoms with E-state index in [9.17, 15) is 10.2 Å². The summed E-state index contributed by atoms with van der Waals surface area (Å²) >= 11 is 0. The van der Waals surface area contributed by atoms with Gasteiger partial charge in [0.2, 0.25) is 0 Å². The van der Waals surface area contributed by atoms with Crippen molar-refractivity contribution in [2.75, 3.05) is 13.2 Å². The summed E-state index contributed by atoms with van der Waals surface area (Å²) in [5.41, 5.74) is 2.76. The molecule has 3 heteroatoms. The van der Waals surface area contributed by atoms with Gasteiger partial charge in [-0.3, -0.25) is 0 Å². The van der Waals surface area contributed by atoms with Crippen molar-refractivity contribution in [2.24, 2.45) is 0 Å². The molecule has 0 aliphatic carbocycles. The van der Waals surface area contributed by atoms with Crippen LogP contribution in [0.4, 0.5) is 0 Å². The van der Waals surface area contributed by atoms with Gasteiger partial charge in [-0.05, 0) is 24.5 Å². The average molecular weight is 265 g/mol. The second kappa shape index (κ2) is 9.82. The van der Waals surface area contributed by atoms with Crippen molar-refractivity contribution in [3.05, 3.63) is 35.2 Å². The molecule has 0 saturated heterocycles. The smallest absolute Gasteiger partial charge is 0.0830 e. The normalized spacial score (nSPS) is 15.2. The minimum absolute atomic E-state index is 0.00302. The maximum Gasteiger partial charge on any atom is 0.0830 e. The van der Waals surface area contributed by atoms with Crippen LogP contribution >= 0.6 is 0 Å². The molecule has 0 fully saturated rings. The molecule has 3 nitrogen and oxygen atoms in total. The van der Waals surface area contributed by atoms with Crippen molar-refractivity contribution in [1.29, 1.82) is 0 Å². The van der Waals surface area contributed by atoms with Gasteiger partial charge in [-0.1, -0.05) is 51.2 Å². The Labute approximate surface area is 116 Å². The van der Waals surface area contributed by atoms with Gasteiger partial charge in [0.15, 0.2) is 0 Å². The van der Waals surface area contributed by atoms with E-state index in [1.54, 1.807) is 0 Å². The highest BCUT2D eigenvalue weighted by Gasteiger charge is 2.08. The number of aliphatic hydroxyl groups excluding tert-OH is 2. The summed E-state index contributed by atoms with van der Waals surface area (Å²) in [6.45, 7) is 2.27. The second-order valence-corrected chi connectivity index (χ2v) is 5.01. The Morgan fingerprint density at radius 1 is 1.00 bits per heavy atom. The molecule has 1 aliphatic rings. The van der Waals surface area contributed by atoms with Gasteiger partial charge in [0.05, 0.1) is 13.2 Å². The molecule has 0 bridgehead atoms. The van der Waals surface area contributed by atoms with Gasteiger partial charge in [0, 0.05) is 11.4 Å². The van der Waals surface area contributed by atoms with Crippen LogP contribution in [0.1, 0.15) is 51.9 Å². The lowest BCUT2D eigenvalue weighted by molar-refractivity contribution is 0.321. The lowest BCUT2D eigenvalue weighted by Crippen LogP contribution is -2.17. The zero-order chi connectivity index (χ0) is 13.9. The van der Waals surface area contributed by atoms with E-state index in [4.69, 9.17) is 0 Å². The highest BCUT2D eigenvalue weighted by molar-refractivity contribution is 5.34. The first-order valence-electron chi connectivity index (χ1n) is 7.39. The Kier molecular flexibility index (Phi) is 8.26. The molecule has 3 N–H and O–H groups in total. The van der Waals surface area contributed by atoms with Crippen LogP contribution in [-0.2, 0) is 0 Å². The van der Waals surface area contributed by atoms with Crippen LogP contribution < -0.4 is 5.32 Å². The quantitative estimate of drug-likeness (QED) is 0.562. The minimum Gasteiger partial charge on any atom is -0.392 e. The van der Waals surface area contributed by atoms with Gasteiger partial charge in [0.25, 0.3) is 0 Å². The molecule has 19 heavy (non-hydrogen) atoms. The second-order valence-electron chi connectivity index (χ2n) is 5.01. The number of allylic oxidation sites excluding steroid dienone is 3. The van der Waals surface area contributed by atoms with Crippen LogP contribution in [0.2, 0.25) is 0 Å². The first kappa shape index (κ1) is 16.0. The van der Waals surface area contributed by atoms with Crippen molar-refractivity contribution in [2.45, 2.75) is 51.9 Å². The number of rotatable bonds is 9. The highest BCUT2D eigenvalue weighted by atomic mass is 16.3. The summed E-state index contributed by atoms with van der Waals surface area (Å²) in [5, 5.41) is 21.8. The molecule has 1 aliphatic heterocycles. The Morgan fingerprint density at radius 3 is 2.42 bits per heavy atom. The van der Waals surface area contributed by atoms with Crippen LogP contribution in [-0.4, -0.2) is 23.4 Å².